The Morgan fingerprint density at radius 3 is 2.69 bits per heavy atom. The Kier molecular flexibility index (Phi) is 7.98. The van der Waals surface area contributed by atoms with Crippen molar-refractivity contribution in [3.05, 3.63) is 52.6 Å². The number of ether oxygens (including phenoxy) is 3. The van der Waals surface area contributed by atoms with Crippen molar-refractivity contribution in [2.45, 2.75) is 20.0 Å². The molecule has 3 rings (SSSR count). The lowest BCUT2D eigenvalue weighted by Gasteiger charge is -2.30. The maximum atomic E-state index is 13.0. The highest BCUT2D eigenvalue weighted by molar-refractivity contribution is 6.31. The van der Waals surface area contributed by atoms with Crippen LogP contribution in [0.25, 0.3) is 6.08 Å². The van der Waals surface area contributed by atoms with Crippen LogP contribution < -0.4 is 19.7 Å². The lowest BCUT2D eigenvalue weighted by Crippen LogP contribution is -2.36. The third-order valence-electron chi connectivity index (χ3n) is 4.81. The van der Waals surface area contributed by atoms with Gasteiger partial charge >= 0.3 is 0 Å². The van der Waals surface area contributed by atoms with Gasteiger partial charge in [-0.15, -0.1) is 0 Å². The van der Waals surface area contributed by atoms with Crippen molar-refractivity contribution in [2.24, 2.45) is 0 Å². The second-order valence-electron chi connectivity index (χ2n) is 7.43. The van der Waals surface area contributed by atoms with Gasteiger partial charge in [0.15, 0.2) is 11.5 Å². The molecule has 8 heteroatoms. The van der Waals surface area contributed by atoms with Crippen LogP contribution in [0.5, 0.6) is 11.5 Å². The van der Waals surface area contributed by atoms with Crippen LogP contribution in [0.15, 0.2) is 42.0 Å². The van der Waals surface area contributed by atoms with Crippen molar-refractivity contribution in [1.82, 2.24) is 0 Å². The van der Waals surface area contributed by atoms with E-state index in [9.17, 15) is 10.1 Å². The number of para-hydroxylation sites is 1. The van der Waals surface area contributed by atoms with E-state index >= 15 is 0 Å². The number of hydrogen-bond acceptors (Lipinski definition) is 6. The van der Waals surface area contributed by atoms with E-state index in [1.807, 2.05) is 26.0 Å². The van der Waals surface area contributed by atoms with E-state index in [2.05, 4.69) is 10.2 Å². The molecule has 2 aromatic carbocycles. The van der Waals surface area contributed by atoms with E-state index in [0.29, 0.717) is 54.1 Å². The Bertz CT molecular complexity index is 1040. The number of carbonyl (C=O) groups excluding carboxylic acids is 1. The zero-order chi connectivity index (χ0) is 23.1. The fourth-order valence-corrected chi connectivity index (χ4v) is 3.52. The van der Waals surface area contributed by atoms with Gasteiger partial charge in [-0.3, -0.25) is 4.79 Å². The molecule has 1 N–H and O–H groups in total. The molecule has 0 spiro atoms. The van der Waals surface area contributed by atoms with Gasteiger partial charge in [-0.05, 0) is 44.2 Å². The Hall–Kier alpha value is -3.21. The fourth-order valence-electron chi connectivity index (χ4n) is 3.35. The molecule has 1 aliphatic heterocycles. The normalized spacial score (nSPS) is 14.1. The number of nitrogens with zero attached hydrogens (tertiary/aromatic N) is 2. The fraction of sp³-hybridized carbons (Fsp3) is 0.333. The molecule has 1 fully saturated rings. The maximum Gasteiger partial charge on any atom is 0.266 e. The summed E-state index contributed by atoms with van der Waals surface area (Å²) in [5.74, 6) is 0.458. The van der Waals surface area contributed by atoms with Crippen molar-refractivity contribution < 1.29 is 19.0 Å². The highest BCUT2D eigenvalue weighted by Gasteiger charge is 2.19. The standard InChI is InChI=1S/C24H26ClN3O4/c1-16(2)32-23-17(5-4-6-22(23)30-3)13-18(15-26)24(29)27-20-14-19(25)7-8-21(20)28-9-11-31-12-10-28/h4-8,13-14,16H,9-12H2,1-3H3,(H,27,29)/b18-13+. The molecule has 1 aliphatic rings. The van der Waals surface area contributed by atoms with Gasteiger partial charge in [0, 0.05) is 23.7 Å². The number of halogens is 1. The highest BCUT2D eigenvalue weighted by Crippen LogP contribution is 2.34. The van der Waals surface area contributed by atoms with Gasteiger partial charge in [0.2, 0.25) is 0 Å². The molecule has 0 aromatic heterocycles. The Morgan fingerprint density at radius 2 is 2.03 bits per heavy atom. The molecule has 0 aliphatic carbocycles. The van der Waals surface area contributed by atoms with E-state index in [1.54, 1.807) is 37.4 Å². The van der Waals surface area contributed by atoms with Crippen LogP contribution in [0.1, 0.15) is 19.4 Å². The quantitative estimate of drug-likeness (QED) is 0.488. The third-order valence-corrected chi connectivity index (χ3v) is 5.04. The van der Waals surface area contributed by atoms with Gasteiger partial charge in [0.1, 0.15) is 11.6 Å². The molecule has 0 unspecified atom stereocenters. The summed E-state index contributed by atoms with van der Waals surface area (Å²) < 4.78 is 16.7. The first kappa shape index (κ1) is 23.5. The minimum Gasteiger partial charge on any atom is -0.493 e. The monoisotopic (exact) mass is 455 g/mol. The van der Waals surface area contributed by atoms with Gasteiger partial charge in [-0.2, -0.15) is 5.26 Å². The van der Waals surface area contributed by atoms with Crippen molar-refractivity contribution in [2.75, 3.05) is 43.6 Å². The molecule has 168 valence electrons. The minimum atomic E-state index is -0.539. The van der Waals surface area contributed by atoms with Gasteiger partial charge in [0.05, 0.1) is 37.8 Å². The molecule has 1 saturated heterocycles. The van der Waals surface area contributed by atoms with Crippen LogP contribution >= 0.6 is 11.6 Å². The number of nitriles is 1. The van der Waals surface area contributed by atoms with Gasteiger partial charge in [-0.25, -0.2) is 0 Å². The number of nitrogens with one attached hydrogen (secondary N) is 1. The smallest absolute Gasteiger partial charge is 0.266 e. The number of hydrogen-bond donors (Lipinski definition) is 1. The maximum absolute atomic E-state index is 13.0. The van der Waals surface area contributed by atoms with Gasteiger partial charge < -0.3 is 24.4 Å². The molecule has 0 bridgehead atoms. The zero-order valence-corrected chi connectivity index (χ0v) is 19.1. The largest absolute Gasteiger partial charge is 0.493 e. The Morgan fingerprint density at radius 1 is 1.28 bits per heavy atom. The van der Waals surface area contributed by atoms with Crippen LogP contribution in [0, 0.1) is 11.3 Å². The number of carbonyl (C=O) groups is 1. The van der Waals surface area contributed by atoms with Crippen LogP contribution in [-0.2, 0) is 9.53 Å². The summed E-state index contributed by atoms with van der Waals surface area (Å²) >= 11 is 6.18. The second kappa shape index (κ2) is 10.9. The van der Waals surface area contributed by atoms with Crippen molar-refractivity contribution >= 4 is 35.0 Å². The summed E-state index contributed by atoms with van der Waals surface area (Å²) in [5.41, 5.74) is 1.87. The zero-order valence-electron chi connectivity index (χ0n) is 18.4. The van der Waals surface area contributed by atoms with E-state index in [-0.39, 0.29) is 11.7 Å². The van der Waals surface area contributed by atoms with E-state index in [1.165, 1.54) is 6.08 Å². The molecule has 0 saturated carbocycles. The van der Waals surface area contributed by atoms with Crippen molar-refractivity contribution in [3.8, 4) is 17.6 Å². The van der Waals surface area contributed by atoms with Crippen LogP contribution in [0.4, 0.5) is 11.4 Å². The summed E-state index contributed by atoms with van der Waals surface area (Å²) in [4.78, 5) is 15.1. The number of methoxy groups -OCH3 is 1. The number of benzene rings is 2. The predicted molar refractivity (Wildman–Crippen MR) is 125 cm³/mol. The predicted octanol–water partition coefficient (Wildman–Crippen LogP) is 4.52. The molecule has 0 atom stereocenters. The molecular formula is C24H26ClN3O4. The van der Waals surface area contributed by atoms with E-state index < -0.39 is 5.91 Å². The van der Waals surface area contributed by atoms with Crippen LogP contribution in [0.3, 0.4) is 0 Å². The lowest BCUT2D eigenvalue weighted by atomic mass is 10.1. The summed E-state index contributed by atoms with van der Waals surface area (Å²) in [7, 11) is 1.54. The highest BCUT2D eigenvalue weighted by atomic mass is 35.5. The van der Waals surface area contributed by atoms with Gasteiger partial charge in [0.25, 0.3) is 5.91 Å². The first-order valence-corrected chi connectivity index (χ1v) is 10.7. The van der Waals surface area contributed by atoms with Crippen molar-refractivity contribution in [3.63, 3.8) is 0 Å². The number of anilines is 2. The van der Waals surface area contributed by atoms with Crippen LogP contribution in [0.2, 0.25) is 5.02 Å². The topological polar surface area (TPSA) is 83.8 Å². The molecule has 32 heavy (non-hydrogen) atoms. The third kappa shape index (κ3) is 5.72. The second-order valence-corrected chi connectivity index (χ2v) is 7.87. The first-order chi connectivity index (χ1) is 15.4. The molecule has 1 amide bonds. The molecule has 1 heterocycles. The average Bonchev–Trinajstić information content (AvgIpc) is 2.78. The average molecular weight is 456 g/mol. The number of rotatable bonds is 7. The lowest BCUT2D eigenvalue weighted by molar-refractivity contribution is -0.112. The Labute approximate surface area is 193 Å². The molecule has 2 aromatic rings. The van der Waals surface area contributed by atoms with Gasteiger partial charge in [-0.1, -0.05) is 23.7 Å². The first-order valence-electron chi connectivity index (χ1n) is 10.3. The molecule has 0 radical (unpaired) electrons. The van der Waals surface area contributed by atoms with E-state index in [4.69, 9.17) is 25.8 Å². The molecule has 7 nitrogen and oxygen atoms in total. The summed E-state index contributed by atoms with van der Waals surface area (Å²) in [6.45, 7) is 6.40. The summed E-state index contributed by atoms with van der Waals surface area (Å²) in [6.07, 6.45) is 1.38. The van der Waals surface area contributed by atoms with E-state index in [0.717, 1.165) is 5.69 Å². The number of morpholine rings is 1. The SMILES string of the molecule is COc1cccc(/C=C(\C#N)C(=O)Nc2cc(Cl)ccc2N2CCOCC2)c1OC(C)C. The molecular weight excluding hydrogens is 430 g/mol. The summed E-state index contributed by atoms with van der Waals surface area (Å²) in [6, 6.07) is 12.6. The summed E-state index contributed by atoms with van der Waals surface area (Å²) in [5, 5.41) is 13.0. The van der Waals surface area contributed by atoms with Crippen LogP contribution in [-0.4, -0.2) is 45.4 Å². The minimum absolute atomic E-state index is 0.0697. The number of amides is 1. The van der Waals surface area contributed by atoms with Crippen molar-refractivity contribution in [1.29, 1.82) is 5.26 Å². The Balaban J connectivity index is 1.92.